The zero-order valence-corrected chi connectivity index (χ0v) is 8.58. The molecule has 0 bridgehead atoms. The van der Waals surface area contributed by atoms with Crippen LogP contribution in [0.3, 0.4) is 0 Å². The number of aliphatic hydroxyl groups excluding tert-OH is 1. The van der Waals surface area contributed by atoms with Gasteiger partial charge in [-0.2, -0.15) is 0 Å². The van der Waals surface area contributed by atoms with Gasteiger partial charge in [-0.25, -0.2) is 0 Å². The Morgan fingerprint density at radius 2 is 1.92 bits per heavy atom. The van der Waals surface area contributed by atoms with Gasteiger partial charge in [0.05, 0.1) is 6.10 Å². The lowest BCUT2D eigenvalue weighted by molar-refractivity contribution is -0.106. The van der Waals surface area contributed by atoms with Crippen molar-refractivity contribution in [1.29, 1.82) is 0 Å². The molecule has 1 saturated heterocycles. The van der Waals surface area contributed by atoms with Crippen molar-refractivity contribution in [1.82, 2.24) is 4.90 Å². The molecule has 1 aliphatic rings. The summed E-state index contributed by atoms with van der Waals surface area (Å²) in [5.41, 5.74) is 0. The van der Waals surface area contributed by atoms with Crippen LogP contribution in [0.1, 0.15) is 27.2 Å². The maximum atomic E-state index is 8.86. The van der Waals surface area contributed by atoms with Crippen LogP contribution in [0.15, 0.2) is 0 Å². The van der Waals surface area contributed by atoms with Crippen LogP contribution in [-0.2, 0) is 4.79 Å². The van der Waals surface area contributed by atoms with E-state index in [9.17, 15) is 0 Å². The van der Waals surface area contributed by atoms with Crippen molar-refractivity contribution >= 4 is 6.29 Å². The summed E-state index contributed by atoms with van der Waals surface area (Å²) in [7, 11) is 2.02. The lowest BCUT2D eigenvalue weighted by atomic mass is 10.3. The van der Waals surface area contributed by atoms with E-state index in [-0.39, 0.29) is 6.10 Å². The molecule has 0 spiro atoms. The van der Waals surface area contributed by atoms with Gasteiger partial charge in [0.25, 0.3) is 0 Å². The molecular weight excluding hydrogens is 154 g/mol. The van der Waals surface area contributed by atoms with Crippen LogP contribution in [0.25, 0.3) is 0 Å². The highest BCUT2D eigenvalue weighted by Crippen LogP contribution is 2.03. The third-order valence-corrected chi connectivity index (χ3v) is 1.37. The Labute approximate surface area is 75.4 Å². The van der Waals surface area contributed by atoms with Gasteiger partial charge in [0.2, 0.25) is 0 Å². The molecule has 74 valence electrons. The van der Waals surface area contributed by atoms with Gasteiger partial charge in [-0.05, 0) is 20.4 Å². The lowest BCUT2D eigenvalue weighted by Gasteiger charge is -2.02. The average molecular weight is 175 g/mol. The van der Waals surface area contributed by atoms with Gasteiger partial charge in [0, 0.05) is 13.1 Å². The first-order valence-electron chi connectivity index (χ1n) is 4.47. The fraction of sp³-hybridized carbons (Fsp3) is 0.889. The fourth-order valence-electron chi connectivity index (χ4n) is 0.912. The summed E-state index contributed by atoms with van der Waals surface area (Å²) in [5.74, 6) is 0. The van der Waals surface area contributed by atoms with E-state index in [1.165, 1.54) is 6.92 Å². The second-order valence-corrected chi connectivity index (χ2v) is 2.44. The maximum Gasteiger partial charge on any atom is 0.116 e. The number of hydrogen-bond donors (Lipinski definition) is 1. The lowest BCUT2D eigenvalue weighted by Crippen LogP contribution is -2.15. The summed E-state index contributed by atoms with van der Waals surface area (Å²) in [6, 6.07) is 0. The summed E-state index contributed by atoms with van der Waals surface area (Å²) in [4.78, 5) is 10.9. The van der Waals surface area contributed by atoms with Gasteiger partial charge < -0.3 is 14.8 Å². The van der Waals surface area contributed by atoms with Crippen molar-refractivity contribution in [3.05, 3.63) is 0 Å². The smallest absolute Gasteiger partial charge is 0.116 e. The predicted octanol–water partition coefficient (Wildman–Crippen LogP) is 0.914. The molecule has 1 rings (SSSR count). The molecule has 0 aromatic rings. The van der Waals surface area contributed by atoms with Crippen molar-refractivity contribution in [2.24, 2.45) is 0 Å². The molecule has 0 aromatic heterocycles. The third kappa shape index (κ3) is 9.59. The summed E-state index contributed by atoms with van der Waals surface area (Å²) < 4.78 is 0. The van der Waals surface area contributed by atoms with Crippen LogP contribution in [0.5, 0.6) is 0 Å². The number of rotatable bonds is 0. The summed E-state index contributed by atoms with van der Waals surface area (Å²) in [5, 5.41) is 8.86. The van der Waals surface area contributed by atoms with Crippen LogP contribution in [-0.4, -0.2) is 42.5 Å². The molecule has 0 saturated carbocycles. The minimum absolute atomic E-state index is 0.0509. The molecule has 1 heterocycles. The SMILES string of the molecule is CC.CC=O.CN1CCC(O)C1. The Morgan fingerprint density at radius 1 is 1.50 bits per heavy atom. The monoisotopic (exact) mass is 175 g/mol. The Hall–Kier alpha value is -0.410. The molecule has 1 fully saturated rings. The maximum absolute atomic E-state index is 8.86. The van der Waals surface area contributed by atoms with Crippen LogP contribution in [0.4, 0.5) is 0 Å². The molecule has 0 amide bonds. The number of aliphatic hydroxyl groups is 1. The second-order valence-electron chi connectivity index (χ2n) is 2.44. The van der Waals surface area contributed by atoms with Crippen molar-refractivity contribution in [3.8, 4) is 0 Å². The zero-order valence-electron chi connectivity index (χ0n) is 8.58. The van der Waals surface area contributed by atoms with E-state index < -0.39 is 0 Å². The number of hydrogen-bond acceptors (Lipinski definition) is 3. The molecule has 0 aromatic carbocycles. The number of aldehydes is 1. The Balaban J connectivity index is 0. The molecule has 0 aliphatic carbocycles. The molecule has 0 radical (unpaired) electrons. The van der Waals surface area contributed by atoms with E-state index in [1.54, 1.807) is 0 Å². The van der Waals surface area contributed by atoms with Gasteiger partial charge >= 0.3 is 0 Å². The molecule has 1 unspecified atom stereocenters. The number of carbonyl (C=O) groups is 1. The number of likely N-dealkylation sites (tertiary alicyclic amines) is 1. The van der Waals surface area contributed by atoms with Gasteiger partial charge in [0.15, 0.2) is 0 Å². The van der Waals surface area contributed by atoms with Crippen LogP contribution in [0, 0.1) is 0 Å². The van der Waals surface area contributed by atoms with Crippen molar-refractivity contribution in [2.75, 3.05) is 20.1 Å². The largest absolute Gasteiger partial charge is 0.392 e. The van der Waals surface area contributed by atoms with E-state index in [4.69, 9.17) is 9.90 Å². The highest BCUT2D eigenvalue weighted by Gasteiger charge is 2.14. The minimum atomic E-state index is -0.0509. The van der Waals surface area contributed by atoms with Crippen molar-refractivity contribution in [2.45, 2.75) is 33.3 Å². The molecule has 1 N–H and O–H groups in total. The summed E-state index contributed by atoms with van der Waals surface area (Å²) >= 11 is 0. The predicted molar refractivity (Wildman–Crippen MR) is 51.2 cm³/mol. The first kappa shape index (κ1) is 14.1. The normalized spacial score (nSPS) is 21.6. The number of likely N-dealkylation sites (N-methyl/N-ethyl adjacent to an activating group) is 1. The Morgan fingerprint density at radius 3 is 2.00 bits per heavy atom. The highest BCUT2D eigenvalue weighted by molar-refractivity contribution is 5.44. The molecule has 3 heteroatoms. The third-order valence-electron chi connectivity index (χ3n) is 1.37. The average Bonchev–Trinajstić information content (AvgIpc) is 2.40. The van der Waals surface area contributed by atoms with E-state index >= 15 is 0 Å². The topological polar surface area (TPSA) is 40.5 Å². The van der Waals surface area contributed by atoms with Crippen LogP contribution >= 0.6 is 0 Å². The molecule has 3 nitrogen and oxygen atoms in total. The van der Waals surface area contributed by atoms with E-state index in [0.717, 1.165) is 25.8 Å². The second kappa shape index (κ2) is 10.6. The molecule has 1 atom stereocenters. The van der Waals surface area contributed by atoms with Crippen LogP contribution < -0.4 is 0 Å². The first-order chi connectivity index (χ1) is 5.70. The van der Waals surface area contributed by atoms with Gasteiger partial charge in [-0.1, -0.05) is 13.8 Å². The van der Waals surface area contributed by atoms with Crippen molar-refractivity contribution < 1.29 is 9.90 Å². The standard InChI is InChI=1S/C5H11NO.C2H4O.C2H6/c1-6-3-2-5(7)4-6;1-2-3;1-2/h5,7H,2-4H2,1H3;2H,1H3;1-2H3. The van der Waals surface area contributed by atoms with Crippen LogP contribution in [0.2, 0.25) is 0 Å². The fourth-order valence-corrected chi connectivity index (χ4v) is 0.912. The minimum Gasteiger partial charge on any atom is -0.392 e. The number of β-amino-alcohol motifs (C(OH)–C–C–N with tert-alkyl or cyclic N) is 1. The van der Waals surface area contributed by atoms with E-state index in [2.05, 4.69) is 4.90 Å². The highest BCUT2D eigenvalue weighted by atomic mass is 16.3. The summed E-state index contributed by atoms with van der Waals surface area (Å²) in [6.45, 7) is 7.36. The molecule has 12 heavy (non-hydrogen) atoms. The van der Waals surface area contributed by atoms with Gasteiger partial charge in [-0.15, -0.1) is 0 Å². The quantitative estimate of drug-likeness (QED) is 0.556. The van der Waals surface area contributed by atoms with Gasteiger partial charge in [0.1, 0.15) is 6.29 Å². The first-order valence-corrected chi connectivity index (χ1v) is 4.47. The zero-order chi connectivity index (χ0) is 9.98. The Bertz CT molecular complexity index is 88.5. The van der Waals surface area contributed by atoms with E-state index in [0.29, 0.717) is 0 Å². The Kier molecular flexibility index (Phi) is 12.5. The van der Waals surface area contributed by atoms with E-state index in [1.807, 2.05) is 20.9 Å². The number of nitrogens with zero attached hydrogens (tertiary/aromatic N) is 1. The van der Waals surface area contributed by atoms with Crippen molar-refractivity contribution in [3.63, 3.8) is 0 Å². The summed E-state index contributed by atoms with van der Waals surface area (Å²) in [6.07, 6.45) is 1.65. The number of carbonyl (C=O) groups excluding carboxylic acids is 1. The molecular formula is C9H21NO2. The van der Waals surface area contributed by atoms with Gasteiger partial charge in [-0.3, -0.25) is 0 Å². The molecule has 1 aliphatic heterocycles.